The summed E-state index contributed by atoms with van der Waals surface area (Å²) in [6.45, 7) is 6.45. The molecule has 2 unspecified atom stereocenters. The van der Waals surface area contributed by atoms with Gasteiger partial charge in [-0.3, -0.25) is 14.4 Å². The van der Waals surface area contributed by atoms with E-state index in [4.69, 9.17) is 5.11 Å². The Hall–Kier alpha value is -1.59. The number of piperidine rings is 1. The average Bonchev–Trinajstić information content (AvgIpc) is 2.37. The van der Waals surface area contributed by atoms with Gasteiger partial charge in [-0.1, -0.05) is 13.8 Å². The molecular weight excluding hydrogens is 272 g/mol. The predicted molar refractivity (Wildman–Crippen MR) is 78.6 cm³/mol. The molecule has 2 N–H and O–H groups in total. The van der Waals surface area contributed by atoms with Gasteiger partial charge in [0, 0.05) is 32.0 Å². The highest BCUT2D eigenvalue weighted by Gasteiger charge is 2.32. The fourth-order valence-corrected chi connectivity index (χ4v) is 2.55. The minimum absolute atomic E-state index is 0.0482. The molecule has 0 spiro atoms. The standard InChI is InChI=1S/C15H26N2O4/c1-10(2)8-13(18)16-7-6-14(19)17-9-12(15(20)21)5-4-11(17)3/h10-12H,4-9H2,1-3H3,(H,16,18)(H,20,21). The van der Waals surface area contributed by atoms with E-state index in [-0.39, 0.29) is 30.8 Å². The van der Waals surface area contributed by atoms with Crippen molar-refractivity contribution in [2.24, 2.45) is 11.8 Å². The van der Waals surface area contributed by atoms with Crippen molar-refractivity contribution in [1.29, 1.82) is 0 Å². The summed E-state index contributed by atoms with van der Waals surface area (Å²) in [4.78, 5) is 36.3. The molecule has 1 heterocycles. The molecule has 0 aliphatic carbocycles. The van der Waals surface area contributed by atoms with E-state index < -0.39 is 11.9 Å². The average molecular weight is 298 g/mol. The Morgan fingerprint density at radius 3 is 2.52 bits per heavy atom. The molecule has 0 saturated carbocycles. The van der Waals surface area contributed by atoms with Crippen molar-refractivity contribution < 1.29 is 19.5 Å². The van der Waals surface area contributed by atoms with E-state index in [1.165, 1.54) is 0 Å². The van der Waals surface area contributed by atoms with Gasteiger partial charge in [0.2, 0.25) is 11.8 Å². The number of hydrogen-bond donors (Lipinski definition) is 2. The molecule has 21 heavy (non-hydrogen) atoms. The molecule has 0 aromatic carbocycles. The number of carboxylic acid groups (broad SMARTS) is 1. The highest BCUT2D eigenvalue weighted by Crippen LogP contribution is 2.22. The summed E-state index contributed by atoms with van der Waals surface area (Å²) in [6, 6.07) is 0.0689. The molecule has 6 heteroatoms. The first-order valence-electron chi connectivity index (χ1n) is 7.60. The van der Waals surface area contributed by atoms with Crippen LogP contribution >= 0.6 is 0 Å². The van der Waals surface area contributed by atoms with Crippen LogP contribution in [0, 0.1) is 11.8 Å². The van der Waals surface area contributed by atoms with Gasteiger partial charge in [0.25, 0.3) is 0 Å². The Labute approximate surface area is 125 Å². The van der Waals surface area contributed by atoms with E-state index in [2.05, 4.69) is 5.32 Å². The molecular formula is C15H26N2O4. The zero-order valence-corrected chi connectivity index (χ0v) is 13.1. The van der Waals surface area contributed by atoms with E-state index in [1.54, 1.807) is 4.90 Å². The zero-order chi connectivity index (χ0) is 16.0. The number of hydrogen-bond acceptors (Lipinski definition) is 3. The van der Waals surface area contributed by atoms with Crippen molar-refractivity contribution in [3.63, 3.8) is 0 Å². The Balaban J connectivity index is 2.39. The van der Waals surface area contributed by atoms with Gasteiger partial charge in [-0.05, 0) is 25.7 Å². The molecule has 2 amide bonds. The fraction of sp³-hybridized carbons (Fsp3) is 0.800. The number of nitrogens with zero attached hydrogens (tertiary/aromatic N) is 1. The van der Waals surface area contributed by atoms with Gasteiger partial charge < -0.3 is 15.3 Å². The third-order valence-corrected chi connectivity index (χ3v) is 3.81. The number of rotatable bonds is 6. The van der Waals surface area contributed by atoms with Gasteiger partial charge in [0.1, 0.15) is 0 Å². The van der Waals surface area contributed by atoms with Crippen LogP contribution in [0.3, 0.4) is 0 Å². The van der Waals surface area contributed by atoms with Crippen LogP contribution in [0.25, 0.3) is 0 Å². The topological polar surface area (TPSA) is 86.7 Å². The molecule has 0 bridgehead atoms. The first-order chi connectivity index (χ1) is 9.81. The SMILES string of the molecule is CC(C)CC(=O)NCCC(=O)N1CC(C(=O)O)CCC1C. The van der Waals surface area contributed by atoms with Crippen molar-refractivity contribution in [2.75, 3.05) is 13.1 Å². The Bertz CT molecular complexity index is 395. The van der Waals surface area contributed by atoms with Crippen LogP contribution in [-0.2, 0) is 14.4 Å². The summed E-state index contributed by atoms with van der Waals surface area (Å²) in [5.41, 5.74) is 0. The summed E-state index contributed by atoms with van der Waals surface area (Å²) >= 11 is 0. The maximum atomic E-state index is 12.2. The Morgan fingerprint density at radius 1 is 1.29 bits per heavy atom. The molecule has 0 aromatic heterocycles. The highest BCUT2D eigenvalue weighted by molar-refractivity contribution is 5.80. The summed E-state index contributed by atoms with van der Waals surface area (Å²) in [5, 5.41) is 11.8. The zero-order valence-electron chi connectivity index (χ0n) is 13.1. The van der Waals surface area contributed by atoms with Gasteiger partial charge in [0.15, 0.2) is 0 Å². The van der Waals surface area contributed by atoms with Crippen molar-refractivity contribution in [3.8, 4) is 0 Å². The molecule has 6 nitrogen and oxygen atoms in total. The number of carbonyl (C=O) groups excluding carboxylic acids is 2. The van der Waals surface area contributed by atoms with Crippen LogP contribution in [0.1, 0.15) is 46.5 Å². The minimum atomic E-state index is -0.843. The van der Waals surface area contributed by atoms with Crippen LogP contribution in [0.15, 0.2) is 0 Å². The lowest BCUT2D eigenvalue weighted by Crippen LogP contribution is -2.48. The lowest BCUT2D eigenvalue weighted by atomic mass is 9.93. The monoisotopic (exact) mass is 298 g/mol. The maximum Gasteiger partial charge on any atom is 0.308 e. The van der Waals surface area contributed by atoms with Crippen LogP contribution in [0.5, 0.6) is 0 Å². The second-order valence-corrected chi connectivity index (χ2v) is 6.21. The number of carboxylic acids is 1. The molecule has 1 saturated heterocycles. The van der Waals surface area contributed by atoms with Crippen molar-refractivity contribution in [1.82, 2.24) is 10.2 Å². The number of likely N-dealkylation sites (tertiary alicyclic amines) is 1. The van der Waals surface area contributed by atoms with E-state index in [0.717, 1.165) is 0 Å². The first-order valence-corrected chi connectivity index (χ1v) is 7.60. The van der Waals surface area contributed by atoms with Crippen LogP contribution in [-0.4, -0.2) is 46.9 Å². The van der Waals surface area contributed by atoms with Gasteiger partial charge in [-0.2, -0.15) is 0 Å². The Morgan fingerprint density at radius 2 is 1.95 bits per heavy atom. The van der Waals surface area contributed by atoms with Gasteiger partial charge >= 0.3 is 5.97 Å². The van der Waals surface area contributed by atoms with Crippen molar-refractivity contribution >= 4 is 17.8 Å². The number of amides is 2. The van der Waals surface area contributed by atoms with E-state index in [9.17, 15) is 14.4 Å². The van der Waals surface area contributed by atoms with Gasteiger partial charge in [-0.15, -0.1) is 0 Å². The third kappa shape index (κ3) is 5.73. The van der Waals surface area contributed by atoms with Gasteiger partial charge in [-0.25, -0.2) is 0 Å². The van der Waals surface area contributed by atoms with E-state index in [1.807, 2.05) is 20.8 Å². The van der Waals surface area contributed by atoms with Crippen LogP contribution in [0.4, 0.5) is 0 Å². The summed E-state index contributed by atoms with van der Waals surface area (Å²) in [5.74, 6) is -1.16. The molecule has 0 aromatic rings. The second-order valence-electron chi connectivity index (χ2n) is 6.21. The van der Waals surface area contributed by atoms with Crippen LogP contribution < -0.4 is 5.32 Å². The predicted octanol–water partition coefficient (Wildman–Crippen LogP) is 1.25. The highest BCUT2D eigenvalue weighted by atomic mass is 16.4. The lowest BCUT2D eigenvalue weighted by Gasteiger charge is -2.36. The molecule has 1 aliphatic heterocycles. The smallest absolute Gasteiger partial charge is 0.308 e. The largest absolute Gasteiger partial charge is 0.481 e. The second kappa shape index (κ2) is 8.00. The maximum absolute atomic E-state index is 12.2. The summed E-state index contributed by atoms with van der Waals surface area (Å²) in [7, 11) is 0. The summed E-state index contributed by atoms with van der Waals surface area (Å²) in [6.07, 6.45) is 2.00. The summed E-state index contributed by atoms with van der Waals surface area (Å²) < 4.78 is 0. The van der Waals surface area contributed by atoms with E-state index in [0.29, 0.717) is 31.7 Å². The fourth-order valence-electron chi connectivity index (χ4n) is 2.55. The third-order valence-electron chi connectivity index (χ3n) is 3.81. The van der Waals surface area contributed by atoms with Crippen molar-refractivity contribution in [2.45, 2.75) is 52.5 Å². The first kappa shape index (κ1) is 17.5. The van der Waals surface area contributed by atoms with Crippen LogP contribution in [0.2, 0.25) is 0 Å². The number of aliphatic carboxylic acids is 1. The normalized spacial score (nSPS) is 22.2. The number of nitrogens with one attached hydrogen (secondary N) is 1. The Kier molecular flexibility index (Phi) is 6.65. The molecule has 1 rings (SSSR count). The van der Waals surface area contributed by atoms with Gasteiger partial charge in [0.05, 0.1) is 5.92 Å². The molecule has 1 aliphatic rings. The number of carbonyl (C=O) groups is 3. The molecule has 0 radical (unpaired) electrons. The van der Waals surface area contributed by atoms with E-state index >= 15 is 0 Å². The quantitative estimate of drug-likeness (QED) is 0.772. The minimum Gasteiger partial charge on any atom is -0.481 e. The molecule has 1 fully saturated rings. The molecule has 2 atom stereocenters. The molecule has 120 valence electrons. The lowest BCUT2D eigenvalue weighted by molar-refractivity contribution is -0.147. The van der Waals surface area contributed by atoms with Crippen molar-refractivity contribution in [3.05, 3.63) is 0 Å².